The summed E-state index contributed by atoms with van der Waals surface area (Å²) in [6.07, 6.45) is -0.208. The van der Waals surface area contributed by atoms with Crippen molar-refractivity contribution in [3.05, 3.63) is 17.9 Å². The molecule has 2 heterocycles. The van der Waals surface area contributed by atoms with Crippen LogP contribution in [0.25, 0.3) is 0 Å². The molecule has 1 aromatic heterocycles. The zero-order valence-corrected chi connectivity index (χ0v) is 11.4. The van der Waals surface area contributed by atoms with E-state index in [1.54, 1.807) is 13.8 Å². The number of rotatable bonds is 3. The van der Waals surface area contributed by atoms with Gasteiger partial charge in [-0.15, -0.1) is 0 Å². The van der Waals surface area contributed by atoms with Crippen molar-refractivity contribution in [3.8, 4) is 0 Å². The summed E-state index contributed by atoms with van der Waals surface area (Å²) in [6, 6.07) is 1.97. The van der Waals surface area contributed by atoms with Crippen LogP contribution in [0.5, 0.6) is 0 Å². The van der Waals surface area contributed by atoms with Crippen LogP contribution in [0, 0.1) is 0 Å². The largest absolute Gasteiger partial charge is 0.475 e. The Morgan fingerprint density at radius 3 is 2.68 bits per heavy atom. The molecule has 1 aliphatic rings. The molecule has 2 unspecified atom stereocenters. The molecule has 2 rings (SSSR count). The number of hydrogen-bond donors (Lipinski definition) is 1. The summed E-state index contributed by atoms with van der Waals surface area (Å²) >= 11 is 0. The van der Waals surface area contributed by atoms with Crippen molar-refractivity contribution in [2.24, 2.45) is 0 Å². The molecule has 0 amide bonds. The molecule has 8 heteroatoms. The zero-order chi connectivity index (χ0) is 14.2. The monoisotopic (exact) mass is 289 g/mol. The van der Waals surface area contributed by atoms with Gasteiger partial charge < -0.3 is 14.3 Å². The second-order valence-corrected chi connectivity index (χ2v) is 6.31. The molecule has 1 aromatic rings. The molecule has 0 spiro atoms. The Labute approximate surface area is 110 Å². The number of nitrogens with zero attached hydrogens (tertiary/aromatic N) is 1. The SMILES string of the molecule is CC1CN(S(=O)(=O)c2ccc(C(=O)O)o2)C(C)CO1. The molecule has 1 fully saturated rings. The van der Waals surface area contributed by atoms with Gasteiger partial charge >= 0.3 is 5.97 Å². The Hall–Kier alpha value is -1.38. The summed E-state index contributed by atoms with van der Waals surface area (Å²) in [4.78, 5) is 10.7. The average molecular weight is 289 g/mol. The van der Waals surface area contributed by atoms with Crippen molar-refractivity contribution in [1.29, 1.82) is 0 Å². The molecule has 0 aliphatic carbocycles. The number of carboxylic acids is 1. The summed E-state index contributed by atoms with van der Waals surface area (Å²) in [5, 5.41) is 8.39. The van der Waals surface area contributed by atoms with Crippen molar-refractivity contribution >= 4 is 16.0 Å². The van der Waals surface area contributed by atoms with E-state index in [1.165, 1.54) is 4.31 Å². The standard InChI is InChI=1S/C11H15NO6S/c1-7-6-17-8(2)5-12(7)19(15,16)10-4-3-9(18-10)11(13)14/h3-4,7-8H,5-6H2,1-2H3,(H,13,14). The molecule has 1 saturated heterocycles. The fourth-order valence-electron chi connectivity index (χ4n) is 1.90. The van der Waals surface area contributed by atoms with E-state index in [9.17, 15) is 13.2 Å². The summed E-state index contributed by atoms with van der Waals surface area (Å²) in [7, 11) is -3.83. The van der Waals surface area contributed by atoms with Crippen LogP contribution in [0.15, 0.2) is 21.6 Å². The van der Waals surface area contributed by atoms with Gasteiger partial charge in [0, 0.05) is 12.6 Å². The Morgan fingerprint density at radius 2 is 2.11 bits per heavy atom. The van der Waals surface area contributed by atoms with Crippen LogP contribution in [-0.4, -0.2) is 49.1 Å². The van der Waals surface area contributed by atoms with Gasteiger partial charge in [-0.05, 0) is 26.0 Å². The Bertz CT molecular complexity index is 578. The molecule has 0 aromatic carbocycles. The van der Waals surface area contributed by atoms with Crippen LogP contribution in [0.3, 0.4) is 0 Å². The maximum Gasteiger partial charge on any atom is 0.371 e. The summed E-state index contributed by atoms with van der Waals surface area (Å²) in [5.74, 6) is -1.70. The molecular weight excluding hydrogens is 274 g/mol. The van der Waals surface area contributed by atoms with E-state index in [-0.39, 0.29) is 23.8 Å². The normalized spacial score (nSPS) is 25.4. The van der Waals surface area contributed by atoms with Crippen LogP contribution >= 0.6 is 0 Å². The second kappa shape index (κ2) is 4.95. The average Bonchev–Trinajstić information content (AvgIpc) is 2.82. The van der Waals surface area contributed by atoms with Crippen molar-refractivity contribution in [2.45, 2.75) is 31.1 Å². The second-order valence-electron chi connectivity index (χ2n) is 4.49. The third-order valence-corrected chi connectivity index (χ3v) is 4.76. The third kappa shape index (κ3) is 2.65. The van der Waals surface area contributed by atoms with Gasteiger partial charge in [-0.1, -0.05) is 0 Å². The highest BCUT2D eigenvalue weighted by atomic mass is 32.2. The molecule has 0 radical (unpaired) electrons. The number of carbonyl (C=O) groups is 1. The number of ether oxygens (including phenoxy) is 1. The lowest BCUT2D eigenvalue weighted by Gasteiger charge is -2.34. The highest BCUT2D eigenvalue weighted by Gasteiger charge is 2.36. The predicted molar refractivity (Wildman–Crippen MR) is 64.4 cm³/mol. The van der Waals surface area contributed by atoms with E-state index < -0.39 is 21.8 Å². The fourth-order valence-corrected chi connectivity index (χ4v) is 3.50. The highest BCUT2D eigenvalue weighted by molar-refractivity contribution is 7.89. The van der Waals surface area contributed by atoms with Gasteiger partial charge in [0.2, 0.25) is 10.9 Å². The van der Waals surface area contributed by atoms with E-state index in [4.69, 9.17) is 14.3 Å². The van der Waals surface area contributed by atoms with Crippen LogP contribution in [0.1, 0.15) is 24.4 Å². The number of furan rings is 1. The molecule has 106 valence electrons. The van der Waals surface area contributed by atoms with Crippen LogP contribution in [0.2, 0.25) is 0 Å². The molecule has 1 N–H and O–H groups in total. The van der Waals surface area contributed by atoms with E-state index >= 15 is 0 Å². The number of carboxylic acid groups (broad SMARTS) is 1. The van der Waals surface area contributed by atoms with Gasteiger partial charge in [-0.25, -0.2) is 13.2 Å². The van der Waals surface area contributed by atoms with E-state index in [0.717, 1.165) is 12.1 Å². The first kappa shape index (κ1) is 14.0. The highest BCUT2D eigenvalue weighted by Crippen LogP contribution is 2.24. The van der Waals surface area contributed by atoms with Gasteiger partial charge in [0.25, 0.3) is 10.0 Å². The molecule has 1 aliphatic heterocycles. The Morgan fingerprint density at radius 1 is 1.42 bits per heavy atom. The lowest BCUT2D eigenvalue weighted by molar-refractivity contribution is -0.0175. The smallest absolute Gasteiger partial charge is 0.371 e. The predicted octanol–water partition coefficient (Wildman–Crippen LogP) is 0.776. The molecule has 7 nitrogen and oxygen atoms in total. The van der Waals surface area contributed by atoms with E-state index in [2.05, 4.69) is 0 Å². The number of aromatic carboxylic acids is 1. The summed E-state index contributed by atoms with van der Waals surface area (Å²) in [5.41, 5.74) is 0. The van der Waals surface area contributed by atoms with E-state index in [0.29, 0.717) is 6.61 Å². The zero-order valence-electron chi connectivity index (χ0n) is 10.6. The molecular formula is C11H15NO6S. The third-order valence-electron chi connectivity index (χ3n) is 2.91. The first-order valence-electron chi connectivity index (χ1n) is 5.79. The fraction of sp³-hybridized carbons (Fsp3) is 0.545. The van der Waals surface area contributed by atoms with Crippen molar-refractivity contribution in [3.63, 3.8) is 0 Å². The van der Waals surface area contributed by atoms with Crippen LogP contribution in [-0.2, 0) is 14.8 Å². The maximum atomic E-state index is 12.4. The van der Waals surface area contributed by atoms with Crippen molar-refractivity contribution < 1.29 is 27.5 Å². The molecule has 2 atom stereocenters. The maximum absolute atomic E-state index is 12.4. The molecule has 0 bridgehead atoms. The van der Waals surface area contributed by atoms with Gasteiger partial charge in [-0.3, -0.25) is 0 Å². The van der Waals surface area contributed by atoms with Crippen molar-refractivity contribution in [1.82, 2.24) is 4.31 Å². The van der Waals surface area contributed by atoms with E-state index in [1.807, 2.05) is 0 Å². The molecule has 0 saturated carbocycles. The number of hydrogen-bond acceptors (Lipinski definition) is 5. The minimum Gasteiger partial charge on any atom is -0.475 e. The Kier molecular flexibility index (Phi) is 3.66. The number of sulfonamides is 1. The van der Waals surface area contributed by atoms with Crippen LogP contribution in [0.4, 0.5) is 0 Å². The summed E-state index contributed by atoms with van der Waals surface area (Å²) < 4.78 is 36.2. The quantitative estimate of drug-likeness (QED) is 0.883. The Balaban J connectivity index is 2.32. The van der Waals surface area contributed by atoms with Crippen molar-refractivity contribution in [2.75, 3.05) is 13.2 Å². The molecule has 19 heavy (non-hydrogen) atoms. The lowest BCUT2D eigenvalue weighted by Crippen LogP contribution is -2.49. The van der Waals surface area contributed by atoms with Gasteiger partial charge in [0.15, 0.2) is 0 Å². The van der Waals surface area contributed by atoms with Gasteiger partial charge in [0.05, 0.1) is 12.7 Å². The topological polar surface area (TPSA) is 97.1 Å². The lowest BCUT2D eigenvalue weighted by atomic mass is 10.2. The number of morpholine rings is 1. The minimum absolute atomic E-state index is 0.208. The van der Waals surface area contributed by atoms with Crippen LogP contribution < -0.4 is 0 Å². The minimum atomic E-state index is -3.83. The first-order valence-corrected chi connectivity index (χ1v) is 7.23. The van der Waals surface area contributed by atoms with Gasteiger partial charge in [-0.2, -0.15) is 4.31 Å². The first-order chi connectivity index (χ1) is 8.82. The summed E-state index contributed by atoms with van der Waals surface area (Å²) in [6.45, 7) is 4.02. The van der Waals surface area contributed by atoms with Gasteiger partial charge in [0.1, 0.15) is 0 Å².